The van der Waals surface area contributed by atoms with Gasteiger partial charge in [0.05, 0.1) is 12.8 Å². The van der Waals surface area contributed by atoms with Gasteiger partial charge in [0.25, 0.3) is 0 Å². The van der Waals surface area contributed by atoms with Crippen molar-refractivity contribution in [1.29, 1.82) is 0 Å². The topological polar surface area (TPSA) is 89.6 Å². The van der Waals surface area contributed by atoms with Crippen molar-refractivity contribution in [3.8, 4) is 0 Å². The normalized spacial score (nSPS) is 11.0. The molecule has 0 rings (SSSR count). The Bertz CT molecular complexity index is 195. The predicted octanol–water partition coefficient (Wildman–Crippen LogP) is 0.132. The second kappa shape index (κ2) is 4.81. The van der Waals surface area contributed by atoms with Gasteiger partial charge in [-0.05, 0) is 13.8 Å². The van der Waals surface area contributed by atoms with E-state index in [0.29, 0.717) is 0 Å². The molecule has 0 saturated heterocycles. The Morgan fingerprint density at radius 3 is 2.31 bits per heavy atom. The molecule has 0 aliphatic rings. The van der Waals surface area contributed by atoms with Crippen LogP contribution in [-0.4, -0.2) is 29.2 Å². The number of aliphatic carboxylic acids is 1. The van der Waals surface area contributed by atoms with Crippen molar-refractivity contribution in [2.24, 2.45) is 5.73 Å². The van der Waals surface area contributed by atoms with Crippen molar-refractivity contribution >= 4 is 11.9 Å². The molecule has 0 aromatic heterocycles. The number of carbonyl (C=O) groups is 2. The Morgan fingerprint density at radius 1 is 1.38 bits per heavy atom. The molecule has 0 aromatic rings. The Hall–Kier alpha value is -1.10. The largest absolute Gasteiger partial charge is 0.481 e. The van der Waals surface area contributed by atoms with E-state index in [0.717, 1.165) is 0 Å². The summed E-state index contributed by atoms with van der Waals surface area (Å²) in [7, 11) is 0. The molecule has 76 valence electrons. The molecule has 0 fully saturated rings. The molecule has 0 heterocycles. The van der Waals surface area contributed by atoms with E-state index < -0.39 is 17.5 Å². The minimum absolute atomic E-state index is 0.103. The standard InChI is InChI=1S/C8H15NO4/c1-8(2,9)5-13-7(12)4-3-6(10)11/h3-5,9H2,1-2H3,(H,10,11). The average molecular weight is 189 g/mol. The minimum atomic E-state index is -1.01. The van der Waals surface area contributed by atoms with Gasteiger partial charge < -0.3 is 15.6 Å². The van der Waals surface area contributed by atoms with Crippen molar-refractivity contribution < 1.29 is 19.4 Å². The Balaban J connectivity index is 3.58. The number of carboxylic acid groups (broad SMARTS) is 1. The van der Waals surface area contributed by atoms with Crippen LogP contribution in [-0.2, 0) is 14.3 Å². The summed E-state index contributed by atoms with van der Waals surface area (Å²) in [5.74, 6) is -1.54. The first-order chi connectivity index (χ1) is 5.81. The molecule has 0 spiro atoms. The van der Waals surface area contributed by atoms with E-state index in [1.54, 1.807) is 13.8 Å². The molecular weight excluding hydrogens is 174 g/mol. The fourth-order valence-corrected chi connectivity index (χ4v) is 0.548. The van der Waals surface area contributed by atoms with Crippen molar-refractivity contribution in [3.63, 3.8) is 0 Å². The molecule has 3 N–H and O–H groups in total. The molecule has 13 heavy (non-hydrogen) atoms. The third-order valence-corrected chi connectivity index (χ3v) is 1.15. The summed E-state index contributed by atoms with van der Waals surface area (Å²) in [5.41, 5.74) is 4.98. The SMILES string of the molecule is CC(C)(N)COC(=O)CCC(=O)O. The molecule has 0 atom stereocenters. The molecule has 5 nitrogen and oxygen atoms in total. The second-order valence-electron chi connectivity index (χ2n) is 3.54. The molecule has 0 aliphatic heterocycles. The Kier molecular flexibility index (Phi) is 4.40. The lowest BCUT2D eigenvalue weighted by Crippen LogP contribution is -2.38. The summed E-state index contributed by atoms with van der Waals surface area (Å²) in [6.07, 6.45) is -0.310. The van der Waals surface area contributed by atoms with Gasteiger partial charge in [-0.3, -0.25) is 9.59 Å². The molecule has 0 bridgehead atoms. The van der Waals surface area contributed by atoms with E-state index in [-0.39, 0.29) is 19.4 Å². The number of ether oxygens (including phenoxy) is 1. The van der Waals surface area contributed by atoms with Crippen molar-refractivity contribution in [1.82, 2.24) is 0 Å². The van der Waals surface area contributed by atoms with E-state index >= 15 is 0 Å². The van der Waals surface area contributed by atoms with Gasteiger partial charge in [-0.2, -0.15) is 0 Å². The summed E-state index contributed by atoms with van der Waals surface area (Å²) >= 11 is 0. The highest BCUT2D eigenvalue weighted by atomic mass is 16.5. The highest BCUT2D eigenvalue weighted by Gasteiger charge is 2.14. The lowest BCUT2D eigenvalue weighted by atomic mass is 10.1. The molecule has 0 amide bonds. The fourth-order valence-electron chi connectivity index (χ4n) is 0.548. The van der Waals surface area contributed by atoms with Gasteiger partial charge >= 0.3 is 11.9 Å². The quantitative estimate of drug-likeness (QED) is 0.600. The van der Waals surface area contributed by atoms with Gasteiger partial charge in [0.15, 0.2) is 0 Å². The van der Waals surface area contributed by atoms with Gasteiger partial charge in [0.1, 0.15) is 6.61 Å². The molecule has 0 unspecified atom stereocenters. The van der Waals surface area contributed by atoms with Crippen molar-refractivity contribution in [3.05, 3.63) is 0 Å². The minimum Gasteiger partial charge on any atom is -0.481 e. The lowest BCUT2D eigenvalue weighted by molar-refractivity contribution is -0.148. The first kappa shape index (κ1) is 11.9. The van der Waals surface area contributed by atoms with E-state index in [1.807, 2.05) is 0 Å². The first-order valence-corrected chi connectivity index (χ1v) is 3.97. The van der Waals surface area contributed by atoms with Crippen LogP contribution in [0.1, 0.15) is 26.7 Å². The molecule has 0 saturated carbocycles. The van der Waals surface area contributed by atoms with Gasteiger partial charge in [-0.15, -0.1) is 0 Å². The molecule has 0 aliphatic carbocycles. The smallest absolute Gasteiger partial charge is 0.306 e. The Labute approximate surface area is 76.9 Å². The zero-order valence-corrected chi connectivity index (χ0v) is 7.87. The number of nitrogens with two attached hydrogens (primary N) is 1. The third-order valence-electron chi connectivity index (χ3n) is 1.15. The third kappa shape index (κ3) is 8.81. The van der Waals surface area contributed by atoms with Crippen LogP contribution < -0.4 is 5.73 Å². The fraction of sp³-hybridized carbons (Fsp3) is 0.750. The maximum Gasteiger partial charge on any atom is 0.306 e. The Morgan fingerprint density at radius 2 is 1.92 bits per heavy atom. The van der Waals surface area contributed by atoms with Crippen LogP contribution >= 0.6 is 0 Å². The van der Waals surface area contributed by atoms with Gasteiger partial charge in [-0.1, -0.05) is 0 Å². The summed E-state index contributed by atoms with van der Waals surface area (Å²) in [5, 5.41) is 8.26. The van der Waals surface area contributed by atoms with Gasteiger partial charge in [0.2, 0.25) is 0 Å². The predicted molar refractivity (Wildman–Crippen MR) is 46.1 cm³/mol. The summed E-state index contributed by atoms with van der Waals surface area (Å²) in [6.45, 7) is 3.54. The maximum absolute atomic E-state index is 10.9. The van der Waals surface area contributed by atoms with E-state index in [4.69, 9.17) is 15.6 Å². The monoisotopic (exact) mass is 189 g/mol. The number of hydrogen-bond acceptors (Lipinski definition) is 4. The molecule has 0 aromatic carbocycles. The van der Waals surface area contributed by atoms with Crippen LogP contribution in [0.2, 0.25) is 0 Å². The van der Waals surface area contributed by atoms with Crippen LogP contribution in [0, 0.1) is 0 Å². The number of hydrogen-bond donors (Lipinski definition) is 2. The maximum atomic E-state index is 10.9. The van der Waals surface area contributed by atoms with Crippen LogP contribution in [0.15, 0.2) is 0 Å². The van der Waals surface area contributed by atoms with Gasteiger partial charge in [0, 0.05) is 5.54 Å². The van der Waals surface area contributed by atoms with Crippen molar-refractivity contribution in [2.75, 3.05) is 6.61 Å². The van der Waals surface area contributed by atoms with E-state index in [2.05, 4.69) is 0 Å². The summed E-state index contributed by atoms with van der Waals surface area (Å²) < 4.78 is 4.73. The van der Waals surface area contributed by atoms with Crippen LogP contribution in [0.25, 0.3) is 0 Å². The number of esters is 1. The highest BCUT2D eigenvalue weighted by molar-refractivity contribution is 5.76. The van der Waals surface area contributed by atoms with E-state index in [1.165, 1.54) is 0 Å². The molecule has 0 radical (unpaired) electrons. The molecule has 5 heteroatoms. The number of rotatable bonds is 5. The zero-order chi connectivity index (χ0) is 10.5. The first-order valence-electron chi connectivity index (χ1n) is 3.97. The van der Waals surface area contributed by atoms with Crippen molar-refractivity contribution in [2.45, 2.75) is 32.2 Å². The van der Waals surface area contributed by atoms with Crippen LogP contribution in [0.5, 0.6) is 0 Å². The zero-order valence-electron chi connectivity index (χ0n) is 7.87. The lowest BCUT2D eigenvalue weighted by Gasteiger charge is -2.17. The second-order valence-corrected chi connectivity index (χ2v) is 3.54. The number of carboxylic acids is 1. The average Bonchev–Trinajstić information content (AvgIpc) is 1.95. The van der Waals surface area contributed by atoms with Crippen LogP contribution in [0.4, 0.5) is 0 Å². The van der Waals surface area contributed by atoms with Gasteiger partial charge in [-0.25, -0.2) is 0 Å². The number of carbonyl (C=O) groups excluding carboxylic acids is 1. The summed E-state index contributed by atoms with van der Waals surface area (Å²) in [6, 6.07) is 0. The van der Waals surface area contributed by atoms with Crippen LogP contribution in [0.3, 0.4) is 0 Å². The molecular formula is C8H15NO4. The van der Waals surface area contributed by atoms with E-state index in [9.17, 15) is 9.59 Å². The highest BCUT2D eigenvalue weighted by Crippen LogP contribution is 2.00. The summed E-state index contributed by atoms with van der Waals surface area (Å²) in [4.78, 5) is 20.9.